The third-order valence-corrected chi connectivity index (χ3v) is 7.05. The molecule has 2 N–H and O–H groups in total. The van der Waals surface area contributed by atoms with Crippen molar-refractivity contribution in [3.63, 3.8) is 0 Å². The van der Waals surface area contributed by atoms with Gasteiger partial charge in [0, 0.05) is 30.1 Å². The molecule has 0 spiro atoms. The number of hydrogen-bond donors (Lipinski definition) is 2. The van der Waals surface area contributed by atoms with Crippen LogP contribution in [-0.4, -0.2) is 56.5 Å². The molecule has 1 aliphatic carbocycles. The quantitative estimate of drug-likeness (QED) is 0.675. The van der Waals surface area contributed by atoms with Crippen LogP contribution >= 0.6 is 0 Å². The van der Waals surface area contributed by atoms with Gasteiger partial charge >= 0.3 is 0 Å². The van der Waals surface area contributed by atoms with E-state index in [-0.39, 0.29) is 18.0 Å². The SMILES string of the molecule is CN1CCC(NC(=O)c2nc3cnc4[nH]ccc4c3n2C2CCC(CC#N)CC2)CC1. The number of nitrogens with zero attached hydrogens (tertiary/aromatic N) is 5. The van der Waals surface area contributed by atoms with Crippen molar-refractivity contribution in [1.82, 2.24) is 29.7 Å². The summed E-state index contributed by atoms with van der Waals surface area (Å²) in [7, 11) is 2.12. The van der Waals surface area contributed by atoms with Crippen LogP contribution in [0.1, 0.15) is 61.6 Å². The Morgan fingerprint density at radius 3 is 2.77 bits per heavy atom. The number of fused-ring (bicyclic) bond motifs is 3. The number of aromatic nitrogens is 4. The number of imidazole rings is 1. The smallest absolute Gasteiger partial charge is 0.287 e. The Morgan fingerprint density at radius 1 is 1.26 bits per heavy atom. The van der Waals surface area contributed by atoms with Gasteiger partial charge < -0.3 is 19.8 Å². The second-order valence-corrected chi connectivity index (χ2v) is 9.13. The van der Waals surface area contributed by atoms with E-state index in [4.69, 9.17) is 10.2 Å². The van der Waals surface area contributed by atoms with Crippen LogP contribution in [0.15, 0.2) is 18.5 Å². The van der Waals surface area contributed by atoms with Crippen LogP contribution in [0.2, 0.25) is 0 Å². The summed E-state index contributed by atoms with van der Waals surface area (Å²) in [5, 5.41) is 13.3. The fraction of sp³-hybridized carbons (Fsp3) is 0.565. The highest BCUT2D eigenvalue weighted by atomic mass is 16.2. The summed E-state index contributed by atoms with van der Waals surface area (Å²) in [4.78, 5) is 28.1. The number of likely N-dealkylation sites (tertiary alicyclic amines) is 1. The fourth-order valence-corrected chi connectivity index (χ4v) is 5.25. The Hall–Kier alpha value is -2.92. The number of aromatic amines is 1. The molecule has 8 nitrogen and oxygen atoms in total. The van der Waals surface area contributed by atoms with Gasteiger partial charge in [0.1, 0.15) is 11.2 Å². The van der Waals surface area contributed by atoms with Crippen molar-refractivity contribution in [1.29, 1.82) is 5.26 Å². The number of amides is 1. The molecule has 1 saturated heterocycles. The maximum atomic E-state index is 13.4. The molecule has 8 heteroatoms. The number of rotatable bonds is 4. The number of nitriles is 1. The number of H-pyrrole nitrogens is 1. The first-order chi connectivity index (χ1) is 15.1. The van der Waals surface area contributed by atoms with Crippen LogP contribution in [0.25, 0.3) is 22.1 Å². The molecular formula is C23H29N7O. The van der Waals surface area contributed by atoms with Gasteiger partial charge in [-0.1, -0.05) is 0 Å². The zero-order valence-corrected chi connectivity index (χ0v) is 18.0. The summed E-state index contributed by atoms with van der Waals surface area (Å²) in [5.74, 6) is 0.864. The Morgan fingerprint density at radius 2 is 2.03 bits per heavy atom. The molecule has 162 valence electrons. The molecule has 0 atom stereocenters. The van der Waals surface area contributed by atoms with Crippen LogP contribution in [0.5, 0.6) is 0 Å². The lowest BCUT2D eigenvalue weighted by atomic mass is 9.84. The third-order valence-electron chi connectivity index (χ3n) is 7.05. The molecule has 3 aromatic heterocycles. The van der Waals surface area contributed by atoms with Gasteiger partial charge in [0.25, 0.3) is 5.91 Å². The first kappa shape index (κ1) is 20.0. The largest absolute Gasteiger partial charge is 0.347 e. The van der Waals surface area contributed by atoms with E-state index in [0.717, 1.165) is 73.7 Å². The van der Waals surface area contributed by atoms with Gasteiger partial charge in [0.2, 0.25) is 0 Å². The summed E-state index contributed by atoms with van der Waals surface area (Å²) in [6, 6.07) is 4.73. The number of carbonyl (C=O) groups excluding carboxylic acids is 1. The first-order valence-corrected chi connectivity index (χ1v) is 11.3. The predicted molar refractivity (Wildman–Crippen MR) is 119 cm³/mol. The average molecular weight is 420 g/mol. The molecule has 1 amide bonds. The molecule has 0 unspecified atom stereocenters. The first-order valence-electron chi connectivity index (χ1n) is 11.3. The molecule has 4 heterocycles. The summed E-state index contributed by atoms with van der Waals surface area (Å²) >= 11 is 0. The highest BCUT2D eigenvalue weighted by Crippen LogP contribution is 2.37. The lowest BCUT2D eigenvalue weighted by Crippen LogP contribution is -2.44. The van der Waals surface area contributed by atoms with Crippen LogP contribution in [0.4, 0.5) is 0 Å². The van der Waals surface area contributed by atoms with Gasteiger partial charge in [-0.05, 0) is 70.6 Å². The van der Waals surface area contributed by atoms with E-state index < -0.39 is 0 Å². The van der Waals surface area contributed by atoms with E-state index in [1.54, 1.807) is 6.20 Å². The number of pyridine rings is 1. The molecule has 1 aliphatic heterocycles. The van der Waals surface area contributed by atoms with Crippen LogP contribution < -0.4 is 5.32 Å². The van der Waals surface area contributed by atoms with Crippen molar-refractivity contribution in [3.8, 4) is 6.07 Å². The fourth-order valence-electron chi connectivity index (χ4n) is 5.25. The third kappa shape index (κ3) is 3.79. The molecule has 5 rings (SSSR count). The Labute approximate surface area is 181 Å². The summed E-state index contributed by atoms with van der Waals surface area (Å²) < 4.78 is 2.17. The van der Waals surface area contributed by atoms with Gasteiger partial charge in [-0.3, -0.25) is 4.79 Å². The highest BCUT2D eigenvalue weighted by molar-refractivity contribution is 6.04. The number of piperidine rings is 1. The van der Waals surface area contributed by atoms with Gasteiger partial charge in [-0.2, -0.15) is 5.26 Å². The highest BCUT2D eigenvalue weighted by Gasteiger charge is 2.30. The second-order valence-electron chi connectivity index (χ2n) is 9.13. The lowest BCUT2D eigenvalue weighted by molar-refractivity contribution is 0.0897. The van der Waals surface area contributed by atoms with E-state index in [0.29, 0.717) is 18.2 Å². The summed E-state index contributed by atoms with van der Waals surface area (Å²) in [6.07, 6.45) is 10.1. The minimum Gasteiger partial charge on any atom is -0.347 e. The molecule has 2 fully saturated rings. The molecular weight excluding hydrogens is 390 g/mol. The van der Waals surface area contributed by atoms with Crippen LogP contribution in [0.3, 0.4) is 0 Å². The minimum absolute atomic E-state index is 0.0893. The minimum atomic E-state index is -0.0893. The Bertz CT molecular complexity index is 1120. The van der Waals surface area contributed by atoms with E-state index in [1.807, 2.05) is 12.3 Å². The van der Waals surface area contributed by atoms with Crippen molar-refractivity contribution in [2.75, 3.05) is 20.1 Å². The molecule has 2 aliphatic rings. The molecule has 3 aromatic rings. The predicted octanol–water partition coefficient (Wildman–Crippen LogP) is 3.38. The van der Waals surface area contributed by atoms with Crippen LogP contribution in [-0.2, 0) is 0 Å². The number of carbonyl (C=O) groups is 1. The van der Waals surface area contributed by atoms with Crippen molar-refractivity contribution in [3.05, 3.63) is 24.3 Å². The van der Waals surface area contributed by atoms with Crippen molar-refractivity contribution in [2.24, 2.45) is 5.92 Å². The zero-order valence-electron chi connectivity index (χ0n) is 18.0. The van der Waals surface area contributed by atoms with E-state index in [9.17, 15) is 4.79 Å². The van der Waals surface area contributed by atoms with E-state index in [2.05, 4.69) is 37.9 Å². The zero-order chi connectivity index (χ0) is 21.4. The summed E-state index contributed by atoms with van der Waals surface area (Å²) in [5.41, 5.74) is 2.57. The molecule has 0 radical (unpaired) electrons. The van der Waals surface area contributed by atoms with Gasteiger partial charge in [0.05, 0.1) is 17.8 Å². The van der Waals surface area contributed by atoms with E-state index >= 15 is 0 Å². The normalized spacial score (nSPS) is 23.2. The monoisotopic (exact) mass is 419 g/mol. The number of nitrogens with one attached hydrogen (secondary N) is 2. The standard InChI is InChI=1S/C23H29N7O/c1-29-12-8-16(9-13-29)27-23(31)22-28-19-14-26-21-18(7-11-25-21)20(19)30(22)17-4-2-15(3-5-17)6-10-24/h7,11,14-17H,2-6,8-9,12-13H2,1H3,(H,25,26)(H,27,31). The maximum absolute atomic E-state index is 13.4. The molecule has 0 bridgehead atoms. The van der Waals surface area contributed by atoms with E-state index in [1.165, 1.54) is 0 Å². The second kappa shape index (κ2) is 8.31. The topological polar surface area (TPSA) is 103 Å². The number of hydrogen-bond acceptors (Lipinski definition) is 5. The molecule has 0 aromatic carbocycles. The Kier molecular flexibility index (Phi) is 5.36. The van der Waals surface area contributed by atoms with Crippen LogP contribution in [0, 0.1) is 17.2 Å². The maximum Gasteiger partial charge on any atom is 0.287 e. The molecule has 31 heavy (non-hydrogen) atoms. The lowest BCUT2D eigenvalue weighted by Gasteiger charge is -2.31. The molecule has 1 saturated carbocycles. The van der Waals surface area contributed by atoms with Crippen molar-refractivity contribution in [2.45, 2.75) is 57.0 Å². The van der Waals surface area contributed by atoms with Gasteiger partial charge in [-0.25, -0.2) is 9.97 Å². The Balaban J connectivity index is 1.51. The average Bonchev–Trinajstić information content (AvgIpc) is 3.40. The van der Waals surface area contributed by atoms with Crippen molar-refractivity contribution >= 4 is 28.0 Å². The van der Waals surface area contributed by atoms with Gasteiger partial charge in [-0.15, -0.1) is 0 Å². The summed E-state index contributed by atoms with van der Waals surface area (Å²) in [6.45, 7) is 2.00. The van der Waals surface area contributed by atoms with Crippen molar-refractivity contribution < 1.29 is 4.79 Å². The van der Waals surface area contributed by atoms with Gasteiger partial charge in [0.15, 0.2) is 5.82 Å².